The first kappa shape index (κ1) is 18.4. The molecule has 26 heavy (non-hydrogen) atoms. The van der Waals surface area contributed by atoms with Crippen LogP contribution >= 0.6 is 23.2 Å². The number of nitrogens with zero attached hydrogens (tertiary/aromatic N) is 2. The summed E-state index contributed by atoms with van der Waals surface area (Å²) in [5.74, 6) is 0.871. The Labute approximate surface area is 161 Å². The van der Waals surface area contributed by atoms with Gasteiger partial charge in [-0.3, -0.25) is 0 Å². The molecule has 1 heterocycles. The predicted molar refractivity (Wildman–Crippen MR) is 104 cm³/mol. The molecule has 0 saturated heterocycles. The van der Waals surface area contributed by atoms with E-state index >= 15 is 0 Å². The van der Waals surface area contributed by atoms with Gasteiger partial charge >= 0.3 is 0 Å². The predicted octanol–water partition coefficient (Wildman–Crippen LogP) is 5.19. The van der Waals surface area contributed by atoms with Gasteiger partial charge in [-0.2, -0.15) is 4.98 Å². The zero-order valence-corrected chi connectivity index (χ0v) is 15.4. The van der Waals surface area contributed by atoms with Gasteiger partial charge in [0.25, 0.3) is 0 Å². The van der Waals surface area contributed by atoms with Crippen LogP contribution in [0, 0.1) is 5.82 Å². The van der Waals surface area contributed by atoms with Gasteiger partial charge in [0.1, 0.15) is 11.6 Å². The Kier molecular flexibility index (Phi) is 6.26. The summed E-state index contributed by atoms with van der Waals surface area (Å²) in [6, 6.07) is 13.8. The van der Waals surface area contributed by atoms with Crippen molar-refractivity contribution in [2.75, 3.05) is 17.2 Å². The van der Waals surface area contributed by atoms with Crippen molar-refractivity contribution in [3.63, 3.8) is 0 Å². The second-order valence-corrected chi connectivity index (χ2v) is 6.47. The second kappa shape index (κ2) is 8.83. The lowest BCUT2D eigenvalue weighted by atomic mass is 10.1. The van der Waals surface area contributed by atoms with Gasteiger partial charge < -0.3 is 10.6 Å². The molecule has 0 amide bonds. The zero-order valence-electron chi connectivity index (χ0n) is 13.8. The van der Waals surface area contributed by atoms with Crippen molar-refractivity contribution in [2.24, 2.45) is 0 Å². The molecule has 0 atom stereocenters. The average Bonchev–Trinajstić information content (AvgIpc) is 2.63. The van der Waals surface area contributed by atoms with Crippen molar-refractivity contribution in [1.82, 2.24) is 9.97 Å². The standard InChI is InChI=1S/C19H17Cl2FN4/c20-15-6-5-13(16(21)11-15)7-9-23-19-24-10-8-18(26-19)25-12-14-3-1-2-4-17(14)22/h1-6,8,10-11H,7,9,12H2,(H2,23,24,25,26). The maximum absolute atomic E-state index is 13.7. The van der Waals surface area contributed by atoms with Crippen molar-refractivity contribution in [2.45, 2.75) is 13.0 Å². The molecule has 0 saturated carbocycles. The summed E-state index contributed by atoms with van der Waals surface area (Å²) in [7, 11) is 0. The number of hydrogen-bond acceptors (Lipinski definition) is 4. The van der Waals surface area contributed by atoms with Gasteiger partial charge in [0, 0.05) is 34.9 Å². The summed E-state index contributed by atoms with van der Waals surface area (Å²) in [5.41, 5.74) is 1.58. The third kappa shape index (κ3) is 5.07. The van der Waals surface area contributed by atoms with Crippen molar-refractivity contribution in [1.29, 1.82) is 0 Å². The van der Waals surface area contributed by atoms with Crippen LogP contribution in [-0.4, -0.2) is 16.5 Å². The smallest absolute Gasteiger partial charge is 0.224 e. The number of anilines is 2. The number of halogens is 3. The normalized spacial score (nSPS) is 10.6. The van der Waals surface area contributed by atoms with E-state index < -0.39 is 0 Å². The molecule has 0 unspecified atom stereocenters. The molecule has 0 spiro atoms. The van der Waals surface area contributed by atoms with E-state index in [1.807, 2.05) is 12.1 Å². The van der Waals surface area contributed by atoms with E-state index in [1.165, 1.54) is 6.07 Å². The molecule has 2 aromatic carbocycles. The van der Waals surface area contributed by atoms with Crippen LogP contribution < -0.4 is 10.6 Å². The highest BCUT2D eigenvalue weighted by Gasteiger charge is 2.04. The molecule has 3 rings (SSSR count). The van der Waals surface area contributed by atoms with E-state index in [0.29, 0.717) is 46.9 Å². The lowest BCUT2D eigenvalue weighted by molar-refractivity contribution is 0.613. The van der Waals surface area contributed by atoms with Gasteiger partial charge in [-0.1, -0.05) is 47.5 Å². The van der Waals surface area contributed by atoms with E-state index in [0.717, 1.165) is 5.56 Å². The van der Waals surface area contributed by atoms with Gasteiger partial charge in [0.15, 0.2) is 0 Å². The molecule has 0 aliphatic heterocycles. The summed E-state index contributed by atoms with van der Waals surface area (Å²) in [6.07, 6.45) is 2.36. The van der Waals surface area contributed by atoms with Gasteiger partial charge in [0.2, 0.25) is 5.95 Å². The molecule has 1 aromatic heterocycles. The maximum Gasteiger partial charge on any atom is 0.224 e. The first-order chi connectivity index (χ1) is 12.6. The summed E-state index contributed by atoms with van der Waals surface area (Å²) >= 11 is 12.1. The highest BCUT2D eigenvalue weighted by Crippen LogP contribution is 2.21. The van der Waals surface area contributed by atoms with Gasteiger partial charge in [-0.05, 0) is 36.2 Å². The van der Waals surface area contributed by atoms with E-state index in [2.05, 4.69) is 20.6 Å². The van der Waals surface area contributed by atoms with Crippen LogP contribution in [0.25, 0.3) is 0 Å². The largest absolute Gasteiger partial charge is 0.366 e. The summed E-state index contributed by atoms with van der Waals surface area (Å²) in [6.45, 7) is 0.974. The molecular weight excluding hydrogens is 374 g/mol. The Morgan fingerprint density at radius 2 is 1.81 bits per heavy atom. The topological polar surface area (TPSA) is 49.8 Å². The van der Waals surface area contributed by atoms with Crippen LogP contribution in [-0.2, 0) is 13.0 Å². The molecule has 0 radical (unpaired) electrons. The van der Waals surface area contributed by atoms with Crippen LogP contribution in [0.1, 0.15) is 11.1 Å². The highest BCUT2D eigenvalue weighted by atomic mass is 35.5. The molecule has 0 bridgehead atoms. The Hall–Kier alpha value is -2.37. The van der Waals surface area contributed by atoms with Crippen molar-refractivity contribution < 1.29 is 4.39 Å². The van der Waals surface area contributed by atoms with Gasteiger partial charge in [-0.25, -0.2) is 9.37 Å². The fourth-order valence-corrected chi connectivity index (χ4v) is 2.91. The van der Waals surface area contributed by atoms with E-state index in [1.54, 1.807) is 36.5 Å². The molecule has 134 valence electrons. The minimum absolute atomic E-state index is 0.243. The number of benzene rings is 2. The third-order valence-corrected chi connectivity index (χ3v) is 4.35. The number of rotatable bonds is 7. The van der Waals surface area contributed by atoms with Crippen LogP contribution in [0.4, 0.5) is 16.2 Å². The molecule has 2 N–H and O–H groups in total. The molecule has 0 fully saturated rings. The van der Waals surface area contributed by atoms with Gasteiger partial charge in [-0.15, -0.1) is 0 Å². The van der Waals surface area contributed by atoms with Crippen molar-refractivity contribution >= 4 is 35.0 Å². The average molecular weight is 391 g/mol. The lowest BCUT2D eigenvalue weighted by Gasteiger charge is -2.09. The fraction of sp³-hybridized carbons (Fsp3) is 0.158. The Bertz CT molecular complexity index is 889. The van der Waals surface area contributed by atoms with Crippen molar-refractivity contribution in [3.05, 3.63) is 81.7 Å². The monoisotopic (exact) mass is 390 g/mol. The molecule has 0 aliphatic carbocycles. The van der Waals surface area contributed by atoms with Gasteiger partial charge in [0.05, 0.1) is 0 Å². The maximum atomic E-state index is 13.7. The highest BCUT2D eigenvalue weighted by molar-refractivity contribution is 6.35. The minimum atomic E-state index is -0.243. The third-order valence-electron chi connectivity index (χ3n) is 3.77. The number of nitrogens with one attached hydrogen (secondary N) is 2. The molecule has 3 aromatic rings. The number of hydrogen-bond donors (Lipinski definition) is 2. The summed E-state index contributed by atoms with van der Waals surface area (Å²) in [4.78, 5) is 8.56. The fourth-order valence-electron chi connectivity index (χ4n) is 2.40. The molecule has 4 nitrogen and oxygen atoms in total. The first-order valence-electron chi connectivity index (χ1n) is 8.10. The second-order valence-electron chi connectivity index (χ2n) is 5.62. The quantitative estimate of drug-likeness (QED) is 0.582. The Morgan fingerprint density at radius 1 is 0.962 bits per heavy atom. The molecule has 7 heteroatoms. The van der Waals surface area contributed by atoms with Crippen LogP contribution in [0.3, 0.4) is 0 Å². The summed E-state index contributed by atoms with van der Waals surface area (Å²) in [5, 5.41) is 7.51. The molecule has 0 aliphatic rings. The van der Waals surface area contributed by atoms with Crippen LogP contribution in [0.5, 0.6) is 0 Å². The Morgan fingerprint density at radius 3 is 2.62 bits per heavy atom. The first-order valence-corrected chi connectivity index (χ1v) is 8.85. The van der Waals surface area contributed by atoms with Crippen LogP contribution in [0.15, 0.2) is 54.7 Å². The SMILES string of the molecule is Fc1ccccc1CNc1ccnc(NCCc2ccc(Cl)cc2Cl)n1. The number of aromatic nitrogens is 2. The summed E-state index contributed by atoms with van der Waals surface area (Å²) < 4.78 is 13.7. The zero-order chi connectivity index (χ0) is 18.4. The van der Waals surface area contributed by atoms with E-state index in [9.17, 15) is 4.39 Å². The van der Waals surface area contributed by atoms with Crippen molar-refractivity contribution in [3.8, 4) is 0 Å². The van der Waals surface area contributed by atoms with Crippen LogP contribution in [0.2, 0.25) is 10.0 Å². The van der Waals surface area contributed by atoms with E-state index in [-0.39, 0.29) is 5.82 Å². The lowest BCUT2D eigenvalue weighted by Crippen LogP contribution is -2.10. The minimum Gasteiger partial charge on any atom is -0.366 e. The van der Waals surface area contributed by atoms with E-state index in [4.69, 9.17) is 23.2 Å². The Balaban J connectivity index is 1.54. The molecular formula is C19H17Cl2FN4.